The zero-order chi connectivity index (χ0) is 33.2. The summed E-state index contributed by atoms with van der Waals surface area (Å²) in [7, 11) is 2.06. The highest BCUT2D eigenvalue weighted by atomic mass is 19.3. The maximum absolute atomic E-state index is 14.2. The molecule has 252 valence electrons. The molecule has 1 aromatic carbocycles. The molecule has 12 heteroatoms. The summed E-state index contributed by atoms with van der Waals surface area (Å²) >= 11 is 0. The van der Waals surface area contributed by atoms with Crippen LogP contribution in [0.4, 0.5) is 13.6 Å². The van der Waals surface area contributed by atoms with Gasteiger partial charge in [-0.05, 0) is 51.0 Å². The van der Waals surface area contributed by atoms with E-state index in [0.717, 1.165) is 40.4 Å². The van der Waals surface area contributed by atoms with E-state index in [2.05, 4.69) is 39.8 Å². The number of hydrogen-bond acceptors (Lipinski definition) is 8. The Morgan fingerprint density at radius 1 is 0.894 bits per heavy atom. The molecule has 1 saturated heterocycles. The van der Waals surface area contributed by atoms with Crippen molar-refractivity contribution in [1.82, 2.24) is 19.4 Å². The number of aryl methyl sites for hydroxylation is 1. The lowest BCUT2D eigenvalue weighted by atomic mass is 9.92. The van der Waals surface area contributed by atoms with Gasteiger partial charge in [-0.2, -0.15) is 0 Å². The second kappa shape index (κ2) is 13.7. The van der Waals surface area contributed by atoms with Crippen LogP contribution in [0.1, 0.15) is 40.0 Å². The zero-order valence-electron chi connectivity index (χ0n) is 27.3. The molecule has 4 aromatic rings. The molecule has 2 aliphatic rings. The predicted molar refractivity (Wildman–Crippen MR) is 173 cm³/mol. The van der Waals surface area contributed by atoms with Crippen molar-refractivity contribution in [2.45, 2.75) is 69.9 Å². The highest BCUT2D eigenvalue weighted by Crippen LogP contribution is 2.32. The maximum Gasteiger partial charge on any atom is 0.410 e. The van der Waals surface area contributed by atoms with Crippen molar-refractivity contribution in [1.29, 1.82) is 0 Å². The number of pyridine rings is 2. The standard InChI is InChI=1S/C35H42F2N4O6/c1-34(2,3)47-33(42)41-19-27(20-41)45-22-35(36,37)21-43-12-5-13-44-25-15-26(16-25)46-32-9-7-24(17-39-32)23-6-8-28-29-18-38-11-10-30(29)40(4)31(28)14-23/h6-11,14,17-18,25-27H,5,12-13,15-16,19-22H2,1-4H3. The van der Waals surface area contributed by atoms with E-state index >= 15 is 0 Å². The Balaban J connectivity index is 0.833. The van der Waals surface area contributed by atoms with Gasteiger partial charge < -0.3 is 33.2 Å². The molecular weight excluding hydrogens is 610 g/mol. The topological polar surface area (TPSA) is 97.2 Å². The van der Waals surface area contributed by atoms with E-state index in [9.17, 15) is 13.6 Å². The summed E-state index contributed by atoms with van der Waals surface area (Å²) < 4.78 is 58.1. The van der Waals surface area contributed by atoms with Crippen LogP contribution in [0, 0.1) is 0 Å². The number of halogens is 2. The monoisotopic (exact) mass is 652 g/mol. The van der Waals surface area contributed by atoms with Crippen molar-refractivity contribution >= 4 is 27.9 Å². The molecule has 0 spiro atoms. The van der Waals surface area contributed by atoms with E-state index in [0.29, 0.717) is 18.9 Å². The van der Waals surface area contributed by atoms with Crippen LogP contribution < -0.4 is 4.74 Å². The minimum Gasteiger partial charge on any atom is -0.474 e. The number of carbonyl (C=O) groups is 1. The zero-order valence-corrected chi connectivity index (χ0v) is 27.3. The van der Waals surface area contributed by atoms with Crippen molar-refractivity contribution in [3.63, 3.8) is 0 Å². The quantitative estimate of drug-likeness (QED) is 0.153. The summed E-state index contributed by atoms with van der Waals surface area (Å²) in [6.07, 6.45) is 6.76. The lowest BCUT2D eigenvalue weighted by molar-refractivity contribution is -0.157. The molecule has 4 heterocycles. The van der Waals surface area contributed by atoms with Gasteiger partial charge in [0.1, 0.15) is 24.9 Å². The molecule has 1 aliphatic carbocycles. The second-order valence-corrected chi connectivity index (χ2v) is 13.4. The number of benzene rings is 1. The van der Waals surface area contributed by atoms with Crippen molar-refractivity contribution in [3.05, 3.63) is 55.0 Å². The average Bonchev–Trinajstić information content (AvgIpc) is 3.27. The first-order valence-corrected chi connectivity index (χ1v) is 16.1. The number of ether oxygens (including phenoxy) is 5. The highest BCUT2D eigenvalue weighted by molar-refractivity contribution is 6.08. The molecule has 0 radical (unpaired) electrons. The number of nitrogens with zero attached hydrogens (tertiary/aromatic N) is 4. The summed E-state index contributed by atoms with van der Waals surface area (Å²) in [6.45, 7) is 4.91. The molecule has 0 N–H and O–H groups in total. The fraction of sp³-hybridized carbons (Fsp3) is 0.514. The Morgan fingerprint density at radius 3 is 2.43 bits per heavy atom. The van der Waals surface area contributed by atoms with Crippen molar-refractivity contribution in [2.24, 2.45) is 7.05 Å². The Labute approximate surface area is 272 Å². The Morgan fingerprint density at radius 2 is 1.68 bits per heavy atom. The van der Waals surface area contributed by atoms with Crippen molar-refractivity contribution in [3.8, 4) is 17.0 Å². The van der Waals surface area contributed by atoms with Gasteiger partial charge in [-0.3, -0.25) is 4.98 Å². The lowest BCUT2D eigenvalue weighted by Gasteiger charge is -2.39. The second-order valence-electron chi connectivity index (χ2n) is 13.4. The Kier molecular flexibility index (Phi) is 9.63. The number of alkyl halides is 2. The molecular formula is C35H42F2N4O6. The molecule has 1 amide bonds. The van der Waals surface area contributed by atoms with Crippen LogP contribution in [0.15, 0.2) is 55.0 Å². The van der Waals surface area contributed by atoms with E-state index in [1.54, 1.807) is 20.8 Å². The normalized spacial score (nSPS) is 18.7. The number of likely N-dealkylation sites (tertiary alicyclic amines) is 1. The van der Waals surface area contributed by atoms with Crippen molar-refractivity contribution < 1.29 is 37.3 Å². The van der Waals surface area contributed by atoms with Crippen molar-refractivity contribution in [2.75, 3.05) is 39.5 Å². The third-order valence-corrected chi connectivity index (χ3v) is 8.35. The van der Waals surface area contributed by atoms with Crippen LogP contribution >= 0.6 is 0 Å². The minimum atomic E-state index is -3.11. The van der Waals surface area contributed by atoms with Crippen LogP contribution in [-0.2, 0) is 26.0 Å². The van der Waals surface area contributed by atoms with Gasteiger partial charge in [-0.1, -0.05) is 12.1 Å². The Hall–Kier alpha value is -3.87. The van der Waals surface area contributed by atoms with Crippen LogP contribution in [0.3, 0.4) is 0 Å². The van der Waals surface area contributed by atoms with Crippen LogP contribution in [0.25, 0.3) is 32.9 Å². The van der Waals surface area contributed by atoms with Crippen LogP contribution in [0.5, 0.6) is 5.88 Å². The molecule has 2 fully saturated rings. The third-order valence-electron chi connectivity index (χ3n) is 8.35. The van der Waals surface area contributed by atoms with Gasteiger partial charge in [0.05, 0.1) is 30.8 Å². The van der Waals surface area contributed by atoms with E-state index < -0.39 is 36.9 Å². The molecule has 3 aromatic heterocycles. The van der Waals surface area contributed by atoms with Gasteiger partial charge in [-0.25, -0.2) is 18.6 Å². The number of amides is 1. The minimum absolute atomic E-state index is 0.0286. The molecule has 6 rings (SSSR count). The SMILES string of the molecule is Cn1c2ccncc2c2ccc(-c3ccc(OC4CC(OCCCOCC(F)(F)COC5CN(C(=O)OC(C)(C)C)C5)C4)nc3)cc21. The summed E-state index contributed by atoms with van der Waals surface area (Å²) in [5, 5.41) is 2.31. The molecule has 47 heavy (non-hydrogen) atoms. The summed E-state index contributed by atoms with van der Waals surface area (Å²) in [5.74, 6) is -2.54. The Bertz CT molecular complexity index is 1680. The van der Waals surface area contributed by atoms with E-state index in [1.165, 1.54) is 10.3 Å². The van der Waals surface area contributed by atoms with Crippen LogP contribution in [-0.4, -0.2) is 94.9 Å². The van der Waals surface area contributed by atoms with Gasteiger partial charge in [-0.15, -0.1) is 0 Å². The number of hydrogen-bond donors (Lipinski definition) is 0. The third kappa shape index (κ3) is 8.17. The summed E-state index contributed by atoms with van der Waals surface area (Å²) in [6, 6.07) is 12.3. The van der Waals surface area contributed by atoms with E-state index in [4.69, 9.17) is 23.7 Å². The van der Waals surface area contributed by atoms with Crippen LogP contribution in [0.2, 0.25) is 0 Å². The fourth-order valence-electron chi connectivity index (χ4n) is 5.71. The van der Waals surface area contributed by atoms with Gasteiger partial charge in [0.15, 0.2) is 0 Å². The predicted octanol–water partition coefficient (Wildman–Crippen LogP) is 6.39. The number of carbonyl (C=O) groups excluding carboxylic acids is 1. The van der Waals surface area contributed by atoms with Gasteiger partial charge in [0.25, 0.3) is 5.92 Å². The molecule has 0 bridgehead atoms. The molecule has 1 saturated carbocycles. The number of fused-ring (bicyclic) bond motifs is 3. The number of aromatic nitrogens is 3. The van der Waals surface area contributed by atoms with E-state index in [1.807, 2.05) is 36.8 Å². The highest BCUT2D eigenvalue weighted by Gasteiger charge is 2.38. The molecule has 0 unspecified atom stereocenters. The largest absolute Gasteiger partial charge is 0.474 e. The number of rotatable bonds is 13. The molecule has 0 atom stereocenters. The fourth-order valence-corrected chi connectivity index (χ4v) is 5.71. The summed E-state index contributed by atoms with van der Waals surface area (Å²) in [4.78, 5) is 22.2. The molecule has 10 nitrogen and oxygen atoms in total. The lowest BCUT2D eigenvalue weighted by Crippen LogP contribution is -2.56. The first-order valence-electron chi connectivity index (χ1n) is 16.1. The first-order chi connectivity index (χ1) is 22.4. The van der Waals surface area contributed by atoms with Gasteiger partial charge in [0.2, 0.25) is 5.88 Å². The van der Waals surface area contributed by atoms with Gasteiger partial charge in [0, 0.05) is 79.6 Å². The maximum atomic E-state index is 14.2. The first kappa shape index (κ1) is 33.0. The molecule has 1 aliphatic heterocycles. The summed E-state index contributed by atoms with van der Waals surface area (Å²) in [5.41, 5.74) is 3.77. The average molecular weight is 653 g/mol. The smallest absolute Gasteiger partial charge is 0.410 e. The van der Waals surface area contributed by atoms with E-state index in [-0.39, 0.29) is 31.9 Å². The van der Waals surface area contributed by atoms with Gasteiger partial charge >= 0.3 is 6.09 Å².